The highest BCUT2D eigenvalue weighted by Crippen LogP contribution is 2.20. The maximum atomic E-state index is 11.7. The number of fused-ring (bicyclic) bond motifs is 1. The summed E-state index contributed by atoms with van der Waals surface area (Å²) in [5.41, 5.74) is 2.31. The lowest BCUT2D eigenvalue weighted by atomic mass is 10.1. The molecule has 1 aliphatic heterocycles. The minimum Gasteiger partial charge on any atom is -0.481 e. The van der Waals surface area contributed by atoms with Crippen LogP contribution in [0, 0.1) is 5.92 Å². The van der Waals surface area contributed by atoms with E-state index < -0.39 is 11.9 Å². The van der Waals surface area contributed by atoms with E-state index in [-0.39, 0.29) is 18.9 Å². The Balaban J connectivity index is 1.69. The van der Waals surface area contributed by atoms with Gasteiger partial charge in [0, 0.05) is 19.5 Å². The third-order valence-corrected chi connectivity index (χ3v) is 3.58. The van der Waals surface area contributed by atoms with E-state index in [1.165, 1.54) is 0 Å². The summed E-state index contributed by atoms with van der Waals surface area (Å²) in [4.78, 5) is 24.2. The molecule has 0 spiro atoms. The normalized spacial score (nSPS) is 18.9. The molecule has 2 heterocycles. The second kappa shape index (κ2) is 4.92. The fourth-order valence-electron chi connectivity index (χ4n) is 2.47. The quantitative estimate of drug-likeness (QED) is 0.882. The van der Waals surface area contributed by atoms with E-state index in [1.54, 1.807) is 11.0 Å². The average Bonchev–Trinajstić information content (AvgIpc) is 3.03. The summed E-state index contributed by atoms with van der Waals surface area (Å²) in [5.74, 6) is -1.61. The molecule has 0 aliphatic carbocycles. The number of amides is 1. The SMILES string of the molecule is O=C(O)C1CC(=O)N(CCc2cccc3nonc23)C1. The predicted octanol–water partition coefficient (Wildman–Crippen LogP) is 0.698. The van der Waals surface area contributed by atoms with Gasteiger partial charge in [-0.15, -0.1) is 0 Å². The molecule has 0 radical (unpaired) electrons. The molecule has 1 amide bonds. The number of hydrogen-bond donors (Lipinski definition) is 1. The first-order valence-electron chi connectivity index (χ1n) is 6.36. The van der Waals surface area contributed by atoms with E-state index in [9.17, 15) is 9.59 Å². The van der Waals surface area contributed by atoms with Crippen molar-refractivity contribution in [1.29, 1.82) is 0 Å². The van der Waals surface area contributed by atoms with E-state index in [4.69, 9.17) is 5.11 Å². The Bertz CT molecular complexity index is 666. The molecule has 0 saturated carbocycles. The van der Waals surface area contributed by atoms with Crippen LogP contribution in [0.3, 0.4) is 0 Å². The van der Waals surface area contributed by atoms with Crippen molar-refractivity contribution in [2.75, 3.05) is 13.1 Å². The van der Waals surface area contributed by atoms with Crippen LogP contribution in [0.4, 0.5) is 0 Å². The summed E-state index contributed by atoms with van der Waals surface area (Å²) < 4.78 is 4.69. The third kappa shape index (κ3) is 2.22. The maximum absolute atomic E-state index is 11.7. The average molecular weight is 275 g/mol. The number of carbonyl (C=O) groups excluding carboxylic acids is 1. The fraction of sp³-hybridized carbons (Fsp3) is 0.385. The van der Waals surface area contributed by atoms with Crippen molar-refractivity contribution >= 4 is 22.9 Å². The lowest BCUT2D eigenvalue weighted by Crippen LogP contribution is -2.28. The van der Waals surface area contributed by atoms with Crippen LogP contribution in [-0.4, -0.2) is 45.3 Å². The van der Waals surface area contributed by atoms with Crippen molar-refractivity contribution in [2.24, 2.45) is 5.92 Å². The van der Waals surface area contributed by atoms with Crippen LogP contribution in [-0.2, 0) is 16.0 Å². The number of benzene rings is 1. The number of rotatable bonds is 4. The van der Waals surface area contributed by atoms with Crippen molar-refractivity contribution in [3.8, 4) is 0 Å². The van der Waals surface area contributed by atoms with Crippen molar-refractivity contribution in [2.45, 2.75) is 12.8 Å². The summed E-state index contributed by atoms with van der Waals surface area (Å²) in [5, 5.41) is 16.5. The molecule has 1 aromatic carbocycles. The van der Waals surface area contributed by atoms with Crippen LogP contribution in [0.2, 0.25) is 0 Å². The maximum Gasteiger partial charge on any atom is 0.308 e. The number of carbonyl (C=O) groups is 2. The van der Waals surface area contributed by atoms with E-state index >= 15 is 0 Å². The number of carboxylic acids is 1. The Labute approximate surface area is 114 Å². The van der Waals surface area contributed by atoms with Crippen LogP contribution in [0.5, 0.6) is 0 Å². The van der Waals surface area contributed by atoms with Crippen molar-refractivity contribution < 1.29 is 19.3 Å². The van der Waals surface area contributed by atoms with Crippen LogP contribution >= 0.6 is 0 Å². The molecule has 1 N–H and O–H groups in total. The molecule has 1 aromatic heterocycles. The Morgan fingerprint density at radius 3 is 3.05 bits per heavy atom. The van der Waals surface area contributed by atoms with Crippen molar-refractivity contribution in [3.63, 3.8) is 0 Å². The first-order valence-corrected chi connectivity index (χ1v) is 6.36. The standard InChI is InChI=1S/C13H13N3O4/c17-11-6-9(13(18)19)7-16(11)5-4-8-2-1-3-10-12(8)15-20-14-10/h1-3,9H,4-7H2,(H,18,19). The molecule has 104 valence electrons. The number of carboxylic acid groups (broad SMARTS) is 1. The van der Waals surface area contributed by atoms with Gasteiger partial charge in [-0.25, -0.2) is 4.63 Å². The number of aromatic nitrogens is 2. The van der Waals surface area contributed by atoms with Gasteiger partial charge in [-0.3, -0.25) is 9.59 Å². The number of nitrogens with zero attached hydrogens (tertiary/aromatic N) is 3. The molecule has 2 aromatic rings. The van der Waals surface area contributed by atoms with Crippen molar-refractivity contribution in [1.82, 2.24) is 15.2 Å². The zero-order valence-electron chi connectivity index (χ0n) is 10.7. The minimum atomic E-state index is -0.913. The number of likely N-dealkylation sites (tertiary alicyclic amines) is 1. The van der Waals surface area contributed by atoms with Crippen LogP contribution in [0.15, 0.2) is 22.8 Å². The summed E-state index contributed by atoms with van der Waals surface area (Å²) in [6.07, 6.45) is 0.689. The van der Waals surface area contributed by atoms with Gasteiger partial charge < -0.3 is 10.0 Å². The van der Waals surface area contributed by atoms with Gasteiger partial charge in [0.2, 0.25) is 5.91 Å². The van der Waals surface area contributed by atoms with Gasteiger partial charge in [0.05, 0.1) is 5.92 Å². The molecular weight excluding hydrogens is 262 g/mol. The molecule has 1 saturated heterocycles. The zero-order chi connectivity index (χ0) is 14.1. The molecular formula is C13H13N3O4. The minimum absolute atomic E-state index is 0.0883. The summed E-state index contributed by atoms with van der Waals surface area (Å²) in [6.45, 7) is 0.760. The van der Waals surface area contributed by atoms with Crippen LogP contribution < -0.4 is 0 Å². The highest BCUT2D eigenvalue weighted by Gasteiger charge is 2.33. The van der Waals surface area contributed by atoms with Gasteiger partial charge >= 0.3 is 5.97 Å². The van der Waals surface area contributed by atoms with Gasteiger partial charge in [0.25, 0.3) is 0 Å². The van der Waals surface area contributed by atoms with E-state index in [0.29, 0.717) is 24.0 Å². The Morgan fingerprint density at radius 1 is 1.45 bits per heavy atom. The summed E-state index contributed by atoms with van der Waals surface area (Å²) in [7, 11) is 0. The first kappa shape index (κ1) is 12.6. The number of hydrogen-bond acceptors (Lipinski definition) is 5. The third-order valence-electron chi connectivity index (χ3n) is 3.58. The fourth-order valence-corrected chi connectivity index (χ4v) is 2.47. The molecule has 20 heavy (non-hydrogen) atoms. The lowest BCUT2D eigenvalue weighted by molar-refractivity contribution is -0.141. The zero-order valence-corrected chi connectivity index (χ0v) is 10.7. The van der Waals surface area contributed by atoms with Gasteiger partial charge in [0.15, 0.2) is 0 Å². The number of aliphatic carboxylic acids is 1. The highest BCUT2D eigenvalue weighted by atomic mass is 16.6. The Morgan fingerprint density at radius 2 is 2.30 bits per heavy atom. The van der Waals surface area contributed by atoms with E-state index in [0.717, 1.165) is 5.56 Å². The van der Waals surface area contributed by atoms with Gasteiger partial charge in [-0.2, -0.15) is 0 Å². The van der Waals surface area contributed by atoms with Gasteiger partial charge in [-0.1, -0.05) is 12.1 Å². The molecule has 1 fully saturated rings. The van der Waals surface area contributed by atoms with Gasteiger partial charge in [0.1, 0.15) is 11.0 Å². The first-order chi connectivity index (χ1) is 9.65. The summed E-state index contributed by atoms with van der Waals surface area (Å²) >= 11 is 0. The van der Waals surface area contributed by atoms with E-state index in [1.807, 2.05) is 12.1 Å². The molecule has 3 rings (SSSR count). The molecule has 7 nitrogen and oxygen atoms in total. The smallest absolute Gasteiger partial charge is 0.308 e. The predicted molar refractivity (Wildman–Crippen MR) is 67.8 cm³/mol. The second-order valence-corrected chi connectivity index (χ2v) is 4.88. The molecule has 0 bridgehead atoms. The lowest BCUT2D eigenvalue weighted by Gasteiger charge is -2.15. The molecule has 1 unspecified atom stereocenters. The monoisotopic (exact) mass is 275 g/mol. The van der Waals surface area contributed by atoms with Gasteiger partial charge in [-0.05, 0) is 28.4 Å². The Hall–Kier alpha value is -2.44. The highest BCUT2D eigenvalue weighted by molar-refractivity contribution is 5.86. The largest absolute Gasteiger partial charge is 0.481 e. The Kier molecular flexibility index (Phi) is 3.09. The topological polar surface area (TPSA) is 96.5 Å². The molecule has 1 aliphatic rings. The molecule has 1 atom stereocenters. The summed E-state index contributed by atoms with van der Waals surface area (Å²) in [6, 6.07) is 5.56. The van der Waals surface area contributed by atoms with E-state index in [2.05, 4.69) is 14.9 Å². The van der Waals surface area contributed by atoms with Crippen LogP contribution in [0.25, 0.3) is 11.0 Å². The van der Waals surface area contributed by atoms with Crippen molar-refractivity contribution in [3.05, 3.63) is 23.8 Å². The molecule has 7 heteroatoms. The second-order valence-electron chi connectivity index (χ2n) is 4.88. The van der Waals surface area contributed by atoms with Crippen LogP contribution in [0.1, 0.15) is 12.0 Å².